The molecule has 19 N–H and O–H groups in total. The second-order valence-electron chi connectivity index (χ2n) is 16.9. The predicted molar refractivity (Wildman–Crippen MR) is 258 cm³/mol. The van der Waals surface area contributed by atoms with Crippen molar-refractivity contribution in [3.63, 3.8) is 0 Å². The molecule has 8 atom stereocenters. The highest BCUT2D eigenvalue weighted by atomic mass is 32.2. The van der Waals surface area contributed by atoms with E-state index in [1.54, 1.807) is 0 Å². The quantitative estimate of drug-likeness (QED) is 0.0345. The Labute approximate surface area is 413 Å². The highest BCUT2D eigenvalue weighted by Gasteiger charge is 2.48. The van der Waals surface area contributed by atoms with E-state index in [2.05, 4.69) is 50.4 Å². The van der Waals surface area contributed by atoms with Gasteiger partial charge in [0, 0.05) is 37.1 Å². The number of phosphoric acid groups is 3. The lowest BCUT2D eigenvalue weighted by Crippen LogP contribution is -2.46. The number of hydrogen-bond donors (Lipinski definition) is 9. The Hall–Kier alpha value is -2.56. The number of anilines is 1. The Morgan fingerprint density at radius 3 is 1.99 bits per heavy atom. The molecule has 0 spiro atoms. The topological polar surface area (TPSA) is 482 Å². The van der Waals surface area contributed by atoms with Gasteiger partial charge in [-0.05, 0) is 6.42 Å². The van der Waals surface area contributed by atoms with E-state index in [-0.39, 0.29) is 60.1 Å². The highest BCUT2D eigenvalue weighted by molar-refractivity contribution is 8.13. The van der Waals surface area contributed by atoms with Gasteiger partial charge in [0.05, 0.1) is 19.5 Å². The summed E-state index contributed by atoms with van der Waals surface area (Å²) in [5.41, 5.74) is 4.14. The van der Waals surface area contributed by atoms with Crippen LogP contribution in [0.4, 0.5) is 5.82 Å². The number of aliphatic hydroxyl groups excluding tert-OH is 2. The van der Waals surface area contributed by atoms with Gasteiger partial charge < -0.3 is 82.9 Å². The molecule has 408 valence electrons. The first-order chi connectivity index (χ1) is 31.6. The second-order valence-corrected chi connectivity index (χ2v) is 22.2. The number of rotatable bonds is 35. The number of thioether (sulfide) groups is 1. The number of amides is 2. The van der Waals surface area contributed by atoms with Crippen LogP contribution in [0.5, 0.6) is 0 Å². The summed E-state index contributed by atoms with van der Waals surface area (Å²) < 4.78 is 61.2. The van der Waals surface area contributed by atoms with Crippen molar-refractivity contribution in [1.82, 2.24) is 48.6 Å². The monoisotopic (exact) mass is 1080 g/mol. The Morgan fingerprint density at radius 1 is 0.857 bits per heavy atom. The largest absolute Gasteiger partial charge is 0.756 e. The smallest absolute Gasteiger partial charge is 0.274 e. The van der Waals surface area contributed by atoms with Crippen molar-refractivity contribution < 1.29 is 80.5 Å². The molecule has 1 saturated heterocycles. The molecule has 2 aromatic heterocycles. The van der Waals surface area contributed by atoms with Crippen LogP contribution < -0.4 is 49.5 Å². The lowest BCUT2D eigenvalue weighted by Gasteiger charge is -2.35. The fourth-order valence-corrected chi connectivity index (χ4v) is 10.5. The van der Waals surface area contributed by atoms with Gasteiger partial charge in [-0.3, -0.25) is 32.6 Å². The SMILES string of the molecule is CCCCCCCCCCCCCCCCCC(=O)SCCNC(=O)CCNC(=O)[C@H](O)C(C)(C)COP(=O)([O-])OP(=O)([O-])OC[C@H]1O[C@@H](n2cnc3c(N)ncnc32)[C@H](O)[C@@H]1OP(=O)([O-])O.[NH4+].[NH4+].[NH4+]. The summed E-state index contributed by atoms with van der Waals surface area (Å²) in [4.78, 5) is 94.9. The van der Waals surface area contributed by atoms with Gasteiger partial charge in [0.1, 0.15) is 36.3 Å². The Morgan fingerprint density at radius 2 is 1.41 bits per heavy atom. The number of fused-ring (bicyclic) bond motifs is 1. The summed E-state index contributed by atoms with van der Waals surface area (Å²) in [5.74, 6) is -1.11. The van der Waals surface area contributed by atoms with Crippen LogP contribution in [0.3, 0.4) is 0 Å². The number of nitrogens with zero attached hydrogens (tertiary/aromatic N) is 4. The number of aromatic nitrogens is 4. The Balaban J connectivity index is 0.0000159. The van der Waals surface area contributed by atoms with E-state index in [1.807, 2.05) is 0 Å². The molecule has 3 rings (SSSR count). The first-order valence-corrected chi connectivity index (χ1v) is 28.0. The summed E-state index contributed by atoms with van der Waals surface area (Å²) >= 11 is 1.15. The number of nitrogens with two attached hydrogens (primary N) is 1. The number of unbranched alkanes of at least 4 members (excludes halogenated alkanes) is 14. The van der Waals surface area contributed by atoms with Crippen LogP contribution in [0.25, 0.3) is 11.2 Å². The zero-order chi connectivity index (χ0) is 49.7. The van der Waals surface area contributed by atoms with E-state index in [9.17, 15) is 57.9 Å². The van der Waals surface area contributed by atoms with Crippen molar-refractivity contribution in [2.75, 3.05) is 37.8 Å². The number of carbonyl (C=O) groups is 3. The maximum Gasteiger partial charge on any atom is 0.274 e. The zero-order valence-corrected chi connectivity index (χ0v) is 44.8. The van der Waals surface area contributed by atoms with Gasteiger partial charge in [0.15, 0.2) is 22.8 Å². The number of ether oxygens (including phenoxy) is 1. The number of nitrogens with one attached hydrogen (secondary N) is 2. The molecule has 1 fully saturated rings. The zero-order valence-electron chi connectivity index (χ0n) is 41.3. The van der Waals surface area contributed by atoms with Gasteiger partial charge in [-0.15, -0.1) is 0 Å². The minimum Gasteiger partial charge on any atom is -0.756 e. The van der Waals surface area contributed by atoms with E-state index < -0.39 is 84.6 Å². The fraction of sp³-hybridized carbons (Fsp3) is 0.795. The lowest BCUT2D eigenvalue weighted by atomic mass is 9.87. The van der Waals surface area contributed by atoms with E-state index >= 15 is 0 Å². The Bertz CT molecular complexity index is 2000. The Kier molecular flexibility index (Phi) is 32.1. The molecule has 3 heterocycles. The summed E-state index contributed by atoms with van der Waals surface area (Å²) in [6, 6.07) is 0. The molecule has 1 aliphatic rings. The predicted octanol–water partition coefficient (Wildman–Crippen LogP) is 4.16. The number of imidazole rings is 1. The molecule has 0 aliphatic carbocycles. The third-order valence-corrected chi connectivity index (χ3v) is 14.7. The van der Waals surface area contributed by atoms with Gasteiger partial charge in [-0.2, -0.15) is 0 Å². The van der Waals surface area contributed by atoms with E-state index in [1.165, 1.54) is 90.9 Å². The van der Waals surface area contributed by atoms with E-state index in [0.717, 1.165) is 48.2 Å². The van der Waals surface area contributed by atoms with Crippen LogP contribution in [0.1, 0.15) is 136 Å². The molecule has 0 radical (unpaired) electrons. The van der Waals surface area contributed by atoms with Gasteiger partial charge in [-0.25, -0.2) is 19.3 Å². The molecule has 3 unspecified atom stereocenters. The molecule has 2 aromatic rings. The third kappa shape index (κ3) is 24.9. The normalized spacial score (nSPS) is 19.9. The number of aliphatic hydroxyl groups is 2. The molecular weight excluding hydrogens is 1010 g/mol. The lowest BCUT2D eigenvalue weighted by molar-refractivity contribution is -0.247. The van der Waals surface area contributed by atoms with Gasteiger partial charge >= 0.3 is 0 Å². The van der Waals surface area contributed by atoms with E-state index in [4.69, 9.17) is 10.5 Å². The van der Waals surface area contributed by atoms with Crippen LogP contribution >= 0.6 is 35.2 Å². The minimum absolute atomic E-state index is 0. The van der Waals surface area contributed by atoms with Crippen LogP contribution in [0.2, 0.25) is 0 Å². The van der Waals surface area contributed by atoms with Gasteiger partial charge in [0.2, 0.25) is 11.8 Å². The molecular formula is C39H79N10O17P3S. The van der Waals surface area contributed by atoms with Crippen molar-refractivity contribution in [2.24, 2.45) is 5.41 Å². The molecule has 1 aliphatic heterocycles. The number of carbonyl (C=O) groups excluding carboxylic acids is 3. The summed E-state index contributed by atoms with van der Waals surface area (Å²) in [6.45, 7) is 2.47. The first kappa shape index (κ1) is 67.4. The number of hydrogen-bond acceptors (Lipinski definition) is 21. The minimum atomic E-state index is -5.90. The molecule has 31 heteroatoms. The van der Waals surface area contributed by atoms with Crippen LogP contribution in [0.15, 0.2) is 12.7 Å². The summed E-state index contributed by atoms with van der Waals surface area (Å²) in [5, 5.41) is 26.5. The number of quaternary nitrogens is 3. The first-order valence-electron chi connectivity index (χ1n) is 22.5. The summed E-state index contributed by atoms with van der Waals surface area (Å²) in [7, 11) is -17.3. The fourth-order valence-electron chi connectivity index (χ4n) is 6.99. The molecule has 0 bridgehead atoms. The number of nitrogen functional groups attached to an aromatic ring is 1. The van der Waals surface area contributed by atoms with Crippen molar-refractivity contribution in [2.45, 2.75) is 161 Å². The average molecular weight is 1090 g/mol. The molecule has 0 aromatic carbocycles. The molecule has 27 nitrogen and oxygen atoms in total. The standard InChI is InChI=1S/C39H70N7O17P3S.3H3N/c1-4-5-6-7-8-9-10-11-12-13-14-15-16-17-18-19-30(48)67-23-22-41-29(47)20-21-42-37(51)34(50)39(2,3)25-60-66(57,58)63-65(55,56)59-24-28-33(62-64(52,53)54)32(49)38(61-28)46-27-45-31-35(40)43-26-44-36(31)46;;;/h26-28,32-34,38,49-50H,4-25H2,1-3H3,(H,41,47)(H,42,51)(H,55,56)(H,57,58)(H2,40,43,44)(H2,52,53,54);3*1H3/t28-,32-,33-,34+,38-;;;/m1.../s1. The average Bonchev–Trinajstić information content (AvgIpc) is 3.81. The van der Waals surface area contributed by atoms with Crippen LogP contribution in [-0.2, 0) is 50.7 Å². The van der Waals surface area contributed by atoms with Crippen LogP contribution in [0, 0.1) is 5.41 Å². The van der Waals surface area contributed by atoms with Gasteiger partial charge in [-0.1, -0.05) is 122 Å². The van der Waals surface area contributed by atoms with Gasteiger partial charge in [0.25, 0.3) is 23.5 Å². The van der Waals surface area contributed by atoms with Crippen molar-refractivity contribution in [3.05, 3.63) is 12.7 Å². The van der Waals surface area contributed by atoms with Crippen molar-refractivity contribution in [3.8, 4) is 0 Å². The third-order valence-electron chi connectivity index (χ3n) is 10.7. The summed E-state index contributed by atoms with van der Waals surface area (Å²) in [6.07, 6.45) is 11.8. The maximum atomic E-state index is 12.6. The maximum absolute atomic E-state index is 12.6. The molecule has 70 heavy (non-hydrogen) atoms. The van der Waals surface area contributed by atoms with Crippen molar-refractivity contribution in [1.29, 1.82) is 0 Å². The second kappa shape index (κ2) is 33.3. The van der Waals surface area contributed by atoms with Crippen LogP contribution in [-0.4, -0.2) is 108 Å². The van der Waals surface area contributed by atoms with E-state index in [0.29, 0.717) is 12.2 Å². The number of phosphoric ester groups is 3. The van der Waals surface area contributed by atoms with Crippen molar-refractivity contribution >= 4 is 69.1 Å². The molecule has 2 amide bonds. The molecule has 0 saturated carbocycles. The highest BCUT2D eigenvalue weighted by Crippen LogP contribution is 2.56.